The Morgan fingerprint density at radius 2 is 0.885 bits per heavy atom. The van der Waals surface area contributed by atoms with Crippen molar-refractivity contribution in [3.8, 4) is 0 Å². The van der Waals surface area contributed by atoms with Gasteiger partial charge in [0.2, 0.25) is 8.45 Å². The first-order valence-corrected chi connectivity index (χ1v) is 26.0. The highest BCUT2D eigenvalue weighted by Gasteiger charge is 2.35. The number of aliphatic hydroxyl groups is 1. The van der Waals surface area contributed by atoms with Gasteiger partial charge >= 0.3 is 0 Å². The molecule has 0 radical (unpaired) electrons. The first-order valence-electron chi connectivity index (χ1n) is 21.9. The molecule has 4 aromatic carbocycles. The molecule has 0 amide bonds. The van der Waals surface area contributed by atoms with Crippen LogP contribution in [-0.2, 0) is 4.52 Å². The molecule has 2 aliphatic carbocycles. The standard InChI is InChI=1S/C23H31N4OPS.C14H14ClN2P.C9H18N2OS/c30-23(25-20-10-4-1-5-11-20)24-16-19-28-29-26(21-12-6-2-7-13-21)17-18-27(29)22-14-8-3-9-15-22;15-18-16(13-7-3-1-4-8-13)11-12-17(18)14-9-5-2-6-10-14;12-7-6-10-9(13)11-8-4-2-1-3-5-8/h2-3,6-9,12-15,20H,1,4-5,10-11,16-19H2,(H2,24,25,30);1-10H,11-12H2;8,12H,1-7H2,(H2,10,11,13). The summed E-state index contributed by atoms with van der Waals surface area (Å²) in [6.45, 7) is 5.88. The van der Waals surface area contributed by atoms with Gasteiger partial charge in [0.25, 0.3) is 0 Å². The third-order valence-electron chi connectivity index (χ3n) is 10.9. The van der Waals surface area contributed by atoms with E-state index in [9.17, 15) is 0 Å². The lowest BCUT2D eigenvalue weighted by Gasteiger charge is -2.31. The summed E-state index contributed by atoms with van der Waals surface area (Å²) in [6, 6.07) is 42.9. The van der Waals surface area contributed by atoms with E-state index in [1.54, 1.807) is 0 Å². The van der Waals surface area contributed by atoms with Crippen LogP contribution >= 0.6 is 51.7 Å². The minimum absolute atomic E-state index is 0.131. The summed E-state index contributed by atoms with van der Waals surface area (Å²) in [5.41, 5.74) is 4.84. The van der Waals surface area contributed by atoms with Crippen molar-refractivity contribution in [2.24, 2.45) is 0 Å². The van der Waals surface area contributed by atoms with Crippen molar-refractivity contribution in [1.29, 1.82) is 0 Å². The number of hydrogen-bond donors (Lipinski definition) is 5. The highest BCUT2D eigenvalue weighted by atomic mass is 35.7. The summed E-state index contributed by atoms with van der Waals surface area (Å²) in [6.07, 6.45) is 12.8. The number of hydrogen-bond acceptors (Lipinski definition) is 8. The molecule has 0 atom stereocenters. The summed E-state index contributed by atoms with van der Waals surface area (Å²) in [7, 11) is -1.71. The summed E-state index contributed by atoms with van der Waals surface area (Å²) in [4.78, 5) is 0. The Morgan fingerprint density at radius 3 is 1.26 bits per heavy atom. The van der Waals surface area contributed by atoms with Gasteiger partial charge in [-0.2, -0.15) is 0 Å². The van der Waals surface area contributed by atoms with Crippen LogP contribution in [0.3, 0.4) is 0 Å². The molecule has 2 heterocycles. The van der Waals surface area contributed by atoms with Gasteiger partial charge in [-0.3, -0.25) is 0 Å². The number of halogens is 1. The van der Waals surface area contributed by atoms with Gasteiger partial charge in [-0.1, -0.05) is 111 Å². The van der Waals surface area contributed by atoms with Crippen molar-refractivity contribution in [1.82, 2.24) is 21.3 Å². The molecule has 4 fully saturated rings. The normalized spacial score (nSPS) is 17.5. The zero-order chi connectivity index (χ0) is 42.5. The second-order valence-corrected chi connectivity index (χ2v) is 20.3. The summed E-state index contributed by atoms with van der Waals surface area (Å²) < 4.78 is 15.8. The van der Waals surface area contributed by atoms with E-state index in [0.29, 0.717) is 36.9 Å². The number of nitrogens with one attached hydrogen (secondary N) is 4. The van der Waals surface area contributed by atoms with Gasteiger partial charge in [-0.25, -0.2) is 0 Å². The average molecular weight is 922 g/mol. The molecule has 0 aromatic heterocycles. The average Bonchev–Trinajstić information content (AvgIpc) is 3.93. The topological polar surface area (TPSA) is 90.5 Å². The second kappa shape index (κ2) is 26.2. The van der Waals surface area contributed by atoms with E-state index in [1.807, 2.05) is 12.1 Å². The van der Waals surface area contributed by atoms with E-state index >= 15 is 0 Å². The number of anilines is 4. The molecule has 4 aliphatic rings. The number of rotatable bonds is 12. The predicted octanol–water partition coefficient (Wildman–Crippen LogP) is 10.3. The maximum Gasteiger partial charge on any atom is 0.248 e. The summed E-state index contributed by atoms with van der Waals surface area (Å²) >= 11 is 17.2. The molecule has 328 valence electrons. The highest BCUT2D eigenvalue weighted by molar-refractivity contribution is 7.86. The van der Waals surface area contributed by atoms with Gasteiger partial charge in [-0.05, 0) is 110 Å². The van der Waals surface area contributed by atoms with E-state index in [4.69, 9.17) is 45.3 Å². The van der Waals surface area contributed by atoms with Gasteiger partial charge in [0, 0.05) is 74.1 Å². The summed E-state index contributed by atoms with van der Waals surface area (Å²) in [5, 5.41) is 23.0. The molecule has 4 aromatic rings. The van der Waals surface area contributed by atoms with Crippen LogP contribution in [0.1, 0.15) is 64.2 Å². The SMILES string of the molecule is ClP1N(c2ccccc2)CCN1c1ccccc1.OCCNC(=S)NC1CCCCC1.S=C(NCCOP1N(c2ccccc2)CCN1c1ccccc1)NC1CCCCC1. The molecule has 0 unspecified atom stereocenters. The van der Waals surface area contributed by atoms with Gasteiger partial charge in [0.15, 0.2) is 17.8 Å². The minimum Gasteiger partial charge on any atom is -0.395 e. The van der Waals surface area contributed by atoms with Crippen molar-refractivity contribution in [3.05, 3.63) is 121 Å². The zero-order valence-corrected chi connectivity index (χ0v) is 39.3. The molecule has 8 rings (SSSR count). The number of aliphatic hydroxyl groups excluding tert-OH is 1. The van der Waals surface area contributed by atoms with E-state index < -0.39 is 16.0 Å². The Hall–Kier alpha value is -3.47. The third kappa shape index (κ3) is 15.1. The molecule has 10 nitrogen and oxygen atoms in total. The first kappa shape index (κ1) is 47.0. The van der Waals surface area contributed by atoms with Crippen LogP contribution < -0.4 is 39.9 Å². The van der Waals surface area contributed by atoms with Crippen LogP contribution in [0.2, 0.25) is 0 Å². The molecule has 0 bridgehead atoms. The van der Waals surface area contributed by atoms with E-state index in [1.165, 1.54) is 87.0 Å². The van der Waals surface area contributed by atoms with Gasteiger partial charge in [-0.15, -0.1) is 0 Å². The van der Waals surface area contributed by atoms with E-state index in [2.05, 4.69) is 149 Å². The summed E-state index contributed by atoms with van der Waals surface area (Å²) in [5.74, 6) is 0. The zero-order valence-electron chi connectivity index (χ0n) is 35.2. The Labute approximate surface area is 382 Å². The van der Waals surface area contributed by atoms with Crippen molar-refractivity contribution >= 4 is 84.7 Å². The smallest absolute Gasteiger partial charge is 0.248 e. The lowest BCUT2D eigenvalue weighted by molar-refractivity contribution is 0.299. The quantitative estimate of drug-likeness (QED) is 0.0533. The fourth-order valence-corrected chi connectivity index (χ4v) is 12.8. The van der Waals surface area contributed by atoms with Gasteiger partial charge < -0.3 is 49.6 Å². The fraction of sp³-hybridized carbons (Fsp3) is 0.435. The lowest BCUT2D eigenvalue weighted by Crippen LogP contribution is -2.43. The number of thiocarbonyl (C=S) groups is 2. The lowest BCUT2D eigenvalue weighted by atomic mass is 9.96. The molecule has 2 saturated carbocycles. The molecule has 2 saturated heterocycles. The number of benzene rings is 4. The van der Waals surface area contributed by atoms with Crippen molar-refractivity contribution in [2.75, 3.05) is 71.2 Å². The number of nitrogens with zero attached hydrogens (tertiary/aromatic N) is 4. The Morgan fingerprint density at radius 1 is 0.541 bits per heavy atom. The molecule has 0 spiro atoms. The fourth-order valence-electron chi connectivity index (χ4n) is 7.85. The van der Waals surface area contributed by atoms with Crippen LogP contribution in [0.15, 0.2) is 121 Å². The predicted molar refractivity (Wildman–Crippen MR) is 269 cm³/mol. The maximum absolute atomic E-state index is 8.57. The monoisotopic (exact) mass is 920 g/mol. The molecular weight excluding hydrogens is 858 g/mol. The van der Waals surface area contributed by atoms with Crippen LogP contribution in [0.4, 0.5) is 22.7 Å². The first-order chi connectivity index (χ1) is 30.0. The molecular formula is C46H63ClN8O2P2S2. The molecule has 15 heteroatoms. The Balaban J connectivity index is 0.000000170. The Kier molecular flexibility index (Phi) is 20.2. The number of para-hydroxylation sites is 4. The van der Waals surface area contributed by atoms with Crippen LogP contribution in [-0.4, -0.2) is 79.9 Å². The van der Waals surface area contributed by atoms with Crippen molar-refractivity contribution < 1.29 is 9.63 Å². The Bertz CT molecular complexity index is 1740. The highest BCUT2D eigenvalue weighted by Crippen LogP contribution is 2.56. The third-order valence-corrected chi connectivity index (χ3v) is 16.3. The van der Waals surface area contributed by atoms with E-state index in [-0.39, 0.29) is 6.61 Å². The van der Waals surface area contributed by atoms with E-state index in [0.717, 1.165) is 31.3 Å². The molecule has 2 aliphatic heterocycles. The molecule has 5 N–H and O–H groups in total. The van der Waals surface area contributed by atoms with Crippen LogP contribution in [0.5, 0.6) is 0 Å². The van der Waals surface area contributed by atoms with Gasteiger partial charge in [0.1, 0.15) is 0 Å². The van der Waals surface area contributed by atoms with Crippen LogP contribution in [0.25, 0.3) is 0 Å². The van der Waals surface area contributed by atoms with Crippen LogP contribution in [0, 0.1) is 0 Å². The van der Waals surface area contributed by atoms with Gasteiger partial charge in [0.05, 0.1) is 13.2 Å². The molecule has 61 heavy (non-hydrogen) atoms. The van der Waals surface area contributed by atoms with Crippen molar-refractivity contribution in [3.63, 3.8) is 0 Å². The minimum atomic E-state index is -0.909. The van der Waals surface area contributed by atoms with Crippen molar-refractivity contribution in [2.45, 2.75) is 76.3 Å². The second-order valence-electron chi connectivity index (χ2n) is 15.4. The largest absolute Gasteiger partial charge is 0.395 e. The maximum atomic E-state index is 8.57.